The van der Waals surface area contributed by atoms with Crippen molar-refractivity contribution in [3.63, 3.8) is 0 Å². The SMILES string of the molecule is CCC(C#N)N1C(=O)C2CCCC2C1=O. The van der Waals surface area contributed by atoms with Crippen LogP contribution in [0.15, 0.2) is 0 Å². The summed E-state index contributed by atoms with van der Waals surface area (Å²) in [6.07, 6.45) is 3.11. The first-order valence-electron chi connectivity index (χ1n) is 5.47. The van der Waals surface area contributed by atoms with Gasteiger partial charge in [0, 0.05) is 0 Å². The van der Waals surface area contributed by atoms with Gasteiger partial charge >= 0.3 is 0 Å². The molecule has 1 heterocycles. The zero-order valence-electron chi connectivity index (χ0n) is 8.77. The highest BCUT2D eigenvalue weighted by Gasteiger charge is 2.51. The third-order valence-corrected chi connectivity index (χ3v) is 3.47. The molecule has 2 amide bonds. The zero-order chi connectivity index (χ0) is 11.0. The molecule has 0 aromatic rings. The summed E-state index contributed by atoms with van der Waals surface area (Å²) in [5.74, 6) is -0.480. The zero-order valence-corrected chi connectivity index (χ0v) is 8.77. The summed E-state index contributed by atoms with van der Waals surface area (Å²) >= 11 is 0. The average Bonchev–Trinajstić information content (AvgIpc) is 2.79. The van der Waals surface area contributed by atoms with E-state index in [0.717, 1.165) is 19.3 Å². The Morgan fingerprint density at radius 1 is 1.40 bits per heavy atom. The number of imide groups is 1. The van der Waals surface area contributed by atoms with Crippen LogP contribution in [-0.2, 0) is 9.59 Å². The highest BCUT2D eigenvalue weighted by molar-refractivity contribution is 6.06. The molecule has 3 atom stereocenters. The minimum atomic E-state index is -0.560. The maximum absolute atomic E-state index is 11.9. The predicted octanol–water partition coefficient (Wildman–Crippen LogP) is 1.07. The Hall–Kier alpha value is -1.37. The lowest BCUT2D eigenvalue weighted by molar-refractivity contribution is -0.141. The van der Waals surface area contributed by atoms with Gasteiger partial charge in [0.15, 0.2) is 0 Å². The van der Waals surface area contributed by atoms with Crippen molar-refractivity contribution in [1.82, 2.24) is 4.90 Å². The number of rotatable bonds is 2. The molecule has 1 aliphatic heterocycles. The Kier molecular flexibility index (Phi) is 2.47. The Morgan fingerprint density at radius 2 is 1.93 bits per heavy atom. The Labute approximate surface area is 88.9 Å². The molecule has 1 saturated carbocycles. The minimum Gasteiger partial charge on any atom is -0.274 e. The molecule has 4 nitrogen and oxygen atoms in total. The van der Waals surface area contributed by atoms with Crippen molar-refractivity contribution < 1.29 is 9.59 Å². The number of likely N-dealkylation sites (tertiary alicyclic amines) is 1. The van der Waals surface area contributed by atoms with Crippen molar-refractivity contribution in [3.05, 3.63) is 0 Å². The van der Waals surface area contributed by atoms with E-state index in [4.69, 9.17) is 5.26 Å². The number of nitrogens with zero attached hydrogens (tertiary/aromatic N) is 2. The van der Waals surface area contributed by atoms with Crippen LogP contribution in [0.4, 0.5) is 0 Å². The van der Waals surface area contributed by atoms with Crippen LogP contribution in [0.5, 0.6) is 0 Å². The van der Waals surface area contributed by atoms with Gasteiger partial charge in [-0.05, 0) is 19.3 Å². The van der Waals surface area contributed by atoms with Gasteiger partial charge in [0.1, 0.15) is 6.04 Å². The topological polar surface area (TPSA) is 61.2 Å². The summed E-state index contributed by atoms with van der Waals surface area (Å²) in [4.78, 5) is 25.0. The fourth-order valence-corrected chi connectivity index (χ4v) is 2.66. The van der Waals surface area contributed by atoms with Crippen molar-refractivity contribution in [2.24, 2.45) is 11.8 Å². The smallest absolute Gasteiger partial charge is 0.234 e. The lowest BCUT2D eigenvalue weighted by Crippen LogP contribution is -2.39. The van der Waals surface area contributed by atoms with Crippen LogP contribution < -0.4 is 0 Å². The third kappa shape index (κ3) is 1.34. The highest BCUT2D eigenvalue weighted by atomic mass is 16.2. The number of hydrogen-bond acceptors (Lipinski definition) is 3. The van der Waals surface area contributed by atoms with Crippen molar-refractivity contribution in [1.29, 1.82) is 5.26 Å². The minimum absolute atomic E-state index is 0.115. The molecule has 1 saturated heterocycles. The van der Waals surface area contributed by atoms with E-state index in [2.05, 4.69) is 0 Å². The first-order valence-corrected chi connectivity index (χ1v) is 5.47. The molecule has 3 unspecified atom stereocenters. The van der Waals surface area contributed by atoms with E-state index in [-0.39, 0.29) is 23.7 Å². The number of hydrogen-bond donors (Lipinski definition) is 0. The molecule has 0 aromatic carbocycles. The standard InChI is InChI=1S/C11H14N2O2/c1-2-7(6-12)13-10(14)8-4-3-5-9(8)11(13)15/h7-9H,2-5H2,1H3. The van der Waals surface area contributed by atoms with Gasteiger partial charge in [0.2, 0.25) is 11.8 Å². The van der Waals surface area contributed by atoms with Gasteiger partial charge in [0.05, 0.1) is 17.9 Å². The second-order valence-corrected chi connectivity index (χ2v) is 4.24. The summed E-state index contributed by atoms with van der Waals surface area (Å²) < 4.78 is 0. The maximum Gasteiger partial charge on any atom is 0.234 e. The fourth-order valence-electron chi connectivity index (χ4n) is 2.66. The molecule has 0 N–H and O–H groups in total. The largest absolute Gasteiger partial charge is 0.274 e. The van der Waals surface area contributed by atoms with E-state index in [1.54, 1.807) is 0 Å². The maximum atomic E-state index is 11.9. The van der Waals surface area contributed by atoms with Crippen LogP contribution >= 0.6 is 0 Å². The van der Waals surface area contributed by atoms with Gasteiger partial charge in [0.25, 0.3) is 0 Å². The lowest BCUT2D eigenvalue weighted by Gasteiger charge is -2.19. The van der Waals surface area contributed by atoms with Gasteiger partial charge in [-0.2, -0.15) is 5.26 Å². The van der Waals surface area contributed by atoms with Crippen LogP contribution in [-0.4, -0.2) is 22.8 Å². The van der Waals surface area contributed by atoms with Crippen LogP contribution in [0.25, 0.3) is 0 Å². The molecule has 0 bridgehead atoms. The van der Waals surface area contributed by atoms with Crippen molar-refractivity contribution in [2.75, 3.05) is 0 Å². The lowest BCUT2D eigenvalue weighted by atomic mass is 10.00. The molecular weight excluding hydrogens is 192 g/mol. The second-order valence-electron chi connectivity index (χ2n) is 4.24. The number of fused-ring (bicyclic) bond motifs is 1. The first-order chi connectivity index (χ1) is 7.20. The predicted molar refractivity (Wildman–Crippen MR) is 52.4 cm³/mol. The molecule has 2 fully saturated rings. The van der Waals surface area contributed by atoms with Gasteiger partial charge in [-0.25, -0.2) is 0 Å². The Morgan fingerprint density at radius 3 is 2.33 bits per heavy atom. The van der Waals surface area contributed by atoms with Crippen LogP contribution in [0.2, 0.25) is 0 Å². The molecule has 80 valence electrons. The molecule has 4 heteroatoms. The second kappa shape index (κ2) is 3.65. The summed E-state index contributed by atoms with van der Waals surface area (Å²) in [5.41, 5.74) is 0. The number of amides is 2. The van der Waals surface area contributed by atoms with Gasteiger partial charge in [-0.1, -0.05) is 13.3 Å². The molecule has 2 rings (SSSR count). The highest BCUT2D eigenvalue weighted by Crippen LogP contribution is 2.40. The monoisotopic (exact) mass is 206 g/mol. The fraction of sp³-hybridized carbons (Fsp3) is 0.727. The van der Waals surface area contributed by atoms with Gasteiger partial charge < -0.3 is 0 Å². The Balaban J connectivity index is 2.25. The number of carbonyl (C=O) groups excluding carboxylic acids is 2. The summed E-state index contributed by atoms with van der Waals surface area (Å²) in [5, 5.41) is 8.89. The van der Waals surface area contributed by atoms with Crippen molar-refractivity contribution in [3.8, 4) is 6.07 Å². The van der Waals surface area contributed by atoms with Crippen LogP contribution in [0.3, 0.4) is 0 Å². The van der Waals surface area contributed by atoms with Crippen LogP contribution in [0, 0.1) is 23.2 Å². The molecule has 0 spiro atoms. The molecule has 0 aromatic heterocycles. The summed E-state index contributed by atoms with van der Waals surface area (Å²) in [7, 11) is 0. The number of carbonyl (C=O) groups is 2. The normalized spacial score (nSPS) is 31.6. The van der Waals surface area contributed by atoms with E-state index >= 15 is 0 Å². The van der Waals surface area contributed by atoms with Gasteiger partial charge in [-0.3, -0.25) is 14.5 Å². The van der Waals surface area contributed by atoms with E-state index < -0.39 is 6.04 Å². The van der Waals surface area contributed by atoms with E-state index in [1.165, 1.54) is 4.90 Å². The van der Waals surface area contributed by atoms with E-state index in [0.29, 0.717) is 6.42 Å². The molecule has 1 aliphatic carbocycles. The summed E-state index contributed by atoms with van der Waals surface area (Å²) in [6, 6.07) is 1.47. The van der Waals surface area contributed by atoms with Crippen molar-refractivity contribution >= 4 is 11.8 Å². The first kappa shape index (κ1) is 10.2. The average molecular weight is 206 g/mol. The van der Waals surface area contributed by atoms with E-state index in [1.807, 2.05) is 13.0 Å². The third-order valence-electron chi connectivity index (χ3n) is 3.47. The van der Waals surface area contributed by atoms with Crippen LogP contribution in [0.1, 0.15) is 32.6 Å². The number of nitriles is 1. The molecule has 0 radical (unpaired) electrons. The Bertz CT molecular complexity index is 323. The van der Waals surface area contributed by atoms with Crippen molar-refractivity contribution in [2.45, 2.75) is 38.6 Å². The molecule has 2 aliphatic rings. The van der Waals surface area contributed by atoms with Gasteiger partial charge in [-0.15, -0.1) is 0 Å². The quantitative estimate of drug-likeness (QED) is 0.635. The molecular formula is C11H14N2O2. The molecule has 15 heavy (non-hydrogen) atoms. The summed E-state index contributed by atoms with van der Waals surface area (Å²) in [6.45, 7) is 1.82. The van der Waals surface area contributed by atoms with E-state index in [9.17, 15) is 9.59 Å².